The minimum atomic E-state index is 0.834. The molecular formula is C14H19N3. The minimum Gasteiger partial charge on any atom is -0.334 e. The molecule has 17 heavy (non-hydrogen) atoms. The van der Waals surface area contributed by atoms with Crippen LogP contribution in [0.1, 0.15) is 17.1 Å². The van der Waals surface area contributed by atoms with Crippen molar-refractivity contribution in [3.63, 3.8) is 0 Å². The lowest BCUT2D eigenvalue weighted by Crippen LogP contribution is -2.10. The SMILES string of the molecule is CNCc1c(-c2ccc(C)cc2)nc(C)n1C. The van der Waals surface area contributed by atoms with E-state index in [1.165, 1.54) is 16.8 Å². The Kier molecular flexibility index (Phi) is 3.29. The number of hydrogen-bond donors (Lipinski definition) is 1. The van der Waals surface area contributed by atoms with Crippen molar-refractivity contribution in [3.8, 4) is 11.3 Å². The first-order chi connectivity index (χ1) is 8.13. The summed E-state index contributed by atoms with van der Waals surface area (Å²) in [5, 5.41) is 3.20. The van der Waals surface area contributed by atoms with E-state index in [1.54, 1.807) is 0 Å². The average molecular weight is 229 g/mol. The van der Waals surface area contributed by atoms with Gasteiger partial charge in [-0.25, -0.2) is 4.98 Å². The van der Waals surface area contributed by atoms with Gasteiger partial charge in [0.15, 0.2) is 0 Å². The maximum Gasteiger partial charge on any atom is 0.106 e. The van der Waals surface area contributed by atoms with E-state index >= 15 is 0 Å². The number of benzene rings is 1. The molecule has 0 amide bonds. The second-order valence-corrected chi connectivity index (χ2v) is 4.41. The Bertz CT molecular complexity index is 509. The van der Waals surface area contributed by atoms with Gasteiger partial charge in [-0.15, -0.1) is 0 Å². The molecule has 2 aromatic rings. The molecule has 3 nitrogen and oxygen atoms in total. The normalized spacial score (nSPS) is 10.8. The van der Waals surface area contributed by atoms with Crippen molar-refractivity contribution < 1.29 is 0 Å². The van der Waals surface area contributed by atoms with Gasteiger partial charge < -0.3 is 9.88 Å². The molecule has 0 atom stereocenters. The van der Waals surface area contributed by atoms with Gasteiger partial charge in [-0.3, -0.25) is 0 Å². The molecule has 0 aliphatic heterocycles. The molecule has 1 heterocycles. The maximum absolute atomic E-state index is 4.65. The molecule has 0 unspecified atom stereocenters. The first-order valence-corrected chi connectivity index (χ1v) is 5.87. The fraction of sp³-hybridized carbons (Fsp3) is 0.357. The Morgan fingerprint density at radius 2 is 1.82 bits per heavy atom. The Balaban J connectivity index is 2.50. The Morgan fingerprint density at radius 1 is 1.18 bits per heavy atom. The molecule has 0 aliphatic carbocycles. The summed E-state index contributed by atoms with van der Waals surface area (Å²) >= 11 is 0. The highest BCUT2D eigenvalue weighted by atomic mass is 15.1. The van der Waals surface area contributed by atoms with Crippen molar-refractivity contribution >= 4 is 0 Å². The van der Waals surface area contributed by atoms with Crippen LogP contribution >= 0.6 is 0 Å². The fourth-order valence-electron chi connectivity index (χ4n) is 1.97. The molecule has 0 radical (unpaired) electrons. The Labute approximate surface area is 103 Å². The zero-order chi connectivity index (χ0) is 12.4. The largest absolute Gasteiger partial charge is 0.334 e. The van der Waals surface area contributed by atoms with E-state index in [2.05, 4.69) is 53.1 Å². The first kappa shape index (κ1) is 11.9. The summed E-state index contributed by atoms with van der Waals surface area (Å²) in [5.74, 6) is 1.05. The van der Waals surface area contributed by atoms with E-state index in [4.69, 9.17) is 0 Å². The molecule has 1 N–H and O–H groups in total. The van der Waals surface area contributed by atoms with E-state index in [1.807, 2.05) is 14.0 Å². The van der Waals surface area contributed by atoms with Gasteiger partial charge in [-0.2, -0.15) is 0 Å². The second kappa shape index (κ2) is 4.72. The lowest BCUT2D eigenvalue weighted by molar-refractivity contribution is 0.722. The standard InChI is InChI=1S/C14H19N3/c1-10-5-7-12(8-6-10)14-13(9-15-3)17(4)11(2)16-14/h5-8,15H,9H2,1-4H3. The molecule has 0 saturated carbocycles. The molecule has 2 rings (SSSR count). The molecule has 1 aromatic heterocycles. The average Bonchev–Trinajstić information content (AvgIpc) is 2.59. The van der Waals surface area contributed by atoms with Gasteiger partial charge in [0.05, 0.1) is 11.4 Å². The number of imidazole rings is 1. The van der Waals surface area contributed by atoms with Crippen LogP contribution in [-0.4, -0.2) is 16.6 Å². The zero-order valence-electron chi connectivity index (χ0n) is 10.9. The Hall–Kier alpha value is -1.61. The van der Waals surface area contributed by atoms with Crippen LogP contribution in [0.15, 0.2) is 24.3 Å². The van der Waals surface area contributed by atoms with Crippen LogP contribution in [0.5, 0.6) is 0 Å². The Morgan fingerprint density at radius 3 is 2.41 bits per heavy atom. The monoisotopic (exact) mass is 229 g/mol. The third-order valence-electron chi connectivity index (χ3n) is 3.11. The molecule has 90 valence electrons. The molecule has 0 saturated heterocycles. The summed E-state index contributed by atoms with van der Waals surface area (Å²) in [5.41, 5.74) is 4.77. The second-order valence-electron chi connectivity index (χ2n) is 4.41. The topological polar surface area (TPSA) is 29.9 Å². The predicted octanol–water partition coefficient (Wildman–Crippen LogP) is 2.42. The third-order valence-corrected chi connectivity index (χ3v) is 3.11. The van der Waals surface area contributed by atoms with Crippen LogP contribution in [0, 0.1) is 13.8 Å². The van der Waals surface area contributed by atoms with Crippen LogP contribution < -0.4 is 5.32 Å². The van der Waals surface area contributed by atoms with Gasteiger partial charge in [-0.1, -0.05) is 29.8 Å². The number of nitrogens with zero attached hydrogens (tertiary/aromatic N) is 2. The summed E-state index contributed by atoms with van der Waals surface area (Å²) in [4.78, 5) is 4.65. The van der Waals surface area contributed by atoms with Gasteiger partial charge in [0.2, 0.25) is 0 Å². The fourth-order valence-corrected chi connectivity index (χ4v) is 1.97. The molecule has 3 heteroatoms. The van der Waals surface area contributed by atoms with Gasteiger partial charge in [-0.05, 0) is 20.9 Å². The van der Waals surface area contributed by atoms with Gasteiger partial charge in [0.1, 0.15) is 5.82 Å². The highest BCUT2D eigenvalue weighted by Crippen LogP contribution is 2.23. The van der Waals surface area contributed by atoms with Crippen molar-refractivity contribution in [1.82, 2.24) is 14.9 Å². The van der Waals surface area contributed by atoms with E-state index in [0.29, 0.717) is 0 Å². The van der Waals surface area contributed by atoms with Crippen molar-refractivity contribution in [3.05, 3.63) is 41.3 Å². The van der Waals surface area contributed by atoms with Crippen molar-refractivity contribution in [1.29, 1.82) is 0 Å². The smallest absolute Gasteiger partial charge is 0.106 e. The minimum absolute atomic E-state index is 0.834. The van der Waals surface area contributed by atoms with Crippen molar-refractivity contribution in [2.75, 3.05) is 7.05 Å². The van der Waals surface area contributed by atoms with Crippen molar-refractivity contribution in [2.24, 2.45) is 7.05 Å². The lowest BCUT2D eigenvalue weighted by Gasteiger charge is -2.06. The molecule has 0 aliphatic rings. The van der Waals surface area contributed by atoms with Crippen LogP contribution in [-0.2, 0) is 13.6 Å². The van der Waals surface area contributed by atoms with E-state index in [-0.39, 0.29) is 0 Å². The number of aryl methyl sites for hydroxylation is 2. The number of rotatable bonds is 3. The third kappa shape index (κ3) is 2.24. The van der Waals surface area contributed by atoms with E-state index in [0.717, 1.165) is 18.1 Å². The summed E-state index contributed by atoms with van der Waals surface area (Å²) in [6, 6.07) is 8.53. The summed E-state index contributed by atoms with van der Waals surface area (Å²) in [7, 11) is 4.02. The van der Waals surface area contributed by atoms with E-state index in [9.17, 15) is 0 Å². The summed E-state index contributed by atoms with van der Waals surface area (Å²) in [6.45, 7) is 4.97. The highest BCUT2D eigenvalue weighted by Gasteiger charge is 2.12. The summed E-state index contributed by atoms with van der Waals surface area (Å²) < 4.78 is 2.14. The molecule has 1 aromatic carbocycles. The number of nitrogens with one attached hydrogen (secondary N) is 1. The molecular weight excluding hydrogens is 210 g/mol. The molecule has 0 fully saturated rings. The molecule has 0 bridgehead atoms. The lowest BCUT2D eigenvalue weighted by atomic mass is 10.1. The van der Waals surface area contributed by atoms with Crippen molar-refractivity contribution in [2.45, 2.75) is 20.4 Å². The van der Waals surface area contributed by atoms with Gasteiger partial charge >= 0.3 is 0 Å². The summed E-state index contributed by atoms with van der Waals surface area (Å²) in [6.07, 6.45) is 0. The van der Waals surface area contributed by atoms with Gasteiger partial charge in [0.25, 0.3) is 0 Å². The number of aromatic nitrogens is 2. The van der Waals surface area contributed by atoms with Gasteiger partial charge in [0, 0.05) is 19.2 Å². The van der Waals surface area contributed by atoms with Crippen LogP contribution in [0.2, 0.25) is 0 Å². The molecule has 0 spiro atoms. The van der Waals surface area contributed by atoms with Crippen LogP contribution in [0.4, 0.5) is 0 Å². The first-order valence-electron chi connectivity index (χ1n) is 5.87. The van der Waals surface area contributed by atoms with Crippen LogP contribution in [0.25, 0.3) is 11.3 Å². The predicted molar refractivity (Wildman–Crippen MR) is 70.9 cm³/mol. The van der Waals surface area contributed by atoms with Crippen LogP contribution in [0.3, 0.4) is 0 Å². The van der Waals surface area contributed by atoms with E-state index < -0.39 is 0 Å². The zero-order valence-corrected chi connectivity index (χ0v) is 10.9. The highest BCUT2D eigenvalue weighted by molar-refractivity contribution is 5.62. The quantitative estimate of drug-likeness (QED) is 0.876. The maximum atomic E-state index is 4.65. The number of hydrogen-bond acceptors (Lipinski definition) is 2.